The maximum Gasteiger partial charge on any atom is 0.296 e. The fraction of sp³-hybridized carbons (Fsp3) is 0.208. The topological polar surface area (TPSA) is 89.0 Å². The van der Waals surface area contributed by atoms with E-state index in [2.05, 4.69) is 4.98 Å². The summed E-state index contributed by atoms with van der Waals surface area (Å²) in [6.45, 7) is 1.97. The van der Waals surface area contributed by atoms with Gasteiger partial charge in [-0.3, -0.25) is 14.6 Å². The first-order valence-corrected chi connectivity index (χ1v) is 11.8. The van der Waals surface area contributed by atoms with Crippen molar-refractivity contribution in [2.24, 2.45) is 0 Å². The van der Waals surface area contributed by atoms with Gasteiger partial charge in [0.05, 0.1) is 42.6 Å². The fourth-order valence-electron chi connectivity index (χ4n) is 3.94. The van der Waals surface area contributed by atoms with Gasteiger partial charge in [0.2, 0.25) is 0 Å². The number of amides is 1. The van der Waals surface area contributed by atoms with E-state index in [1.54, 1.807) is 24.4 Å². The van der Waals surface area contributed by atoms with Crippen molar-refractivity contribution in [2.75, 3.05) is 14.2 Å². The Hall–Kier alpha value is -3.07. The number of halogens is 2. The number of rotatable bonds is 6. The maximum absolute atomic E-state index is 13.3. The summed E-state index contributed by atoms with van der Waals surface area (Å²) >= 11 is 14.1. The molecule has 2 aromatic heterocycles. The highest BCUT2D eigenvalue weighted by atomic mass is 35.5. The van der Waals surface area contributed by atoms with Crippen LogP contribution in [-0.4, -0.2) is 40.9 Å². The second kappa shape index (κ2) is 9.66. The lowest BCUT2D eigenvalue weighted by molar-refractivity contribution is -0.140. The summed E-state index contributed by atoms with van der Waals surface area (Å²) < 4.78 is 10.6. The third kappa shape index (κ3) is 4.02. The van der Waals surface area contributed by atoms with E-state index in [1.165, 1.54) is 36.5 Å². The molecule has 0 radical (unpaired) electrons. The standard InChI is InChI=1S/C24H20Cl2N2O5S/c1-12-7-9-34-23(12)18-16(20(30)24(31)28(18)11-13-6-4-5-8-27-13)19(29)14-10-15(25)22(33-3)17(26)21(14)32-2/h4-10,18,29H,11H2,1-3H3/b19-16+. The van der Waals surface area contributed by atoms with Crippen molar-refractivity contribution in [3.63, 3.8) is 0 Å². The highest BCUT2D eigenvalue weighted by molar-refractivity contribution is 7.10. The van der Waals surface area contributed by atoms with Crippen LogP contribution in [0.3, 0.4) is 0 Å². The number of carbonyl (C=O) groups excluding carboxylic acids is 2. The van der Waals surface area contributed by atoms with Crippen LogP contribution in [0, 0.1) is 6.92 Å². The molecule has 1 aliphatic rings. The average Bonchev–Trinajstić information content (AvgIpc) is 3.35. The van der Waals surface area contributed by atoms with Crippen LogP contribution in [0.15, 0.2) is 47.5 Å². The molecule has 0 saturated carbocycles. The number of hydrogen-bond acceptors (Lipinski definition) is 7. The lowest BCUT2D eigenvalue weighted by atomic mass is 9.97. The first-order chi connectivity index (χ1) is 16.3. The van der Waals surface area contributed by atoms with Gasteiger partial charge in [0.15, 0.2) is 11.5 Å². The molecule has 1 fully saturated rings. The molecule has 1 saturated heterocycles. The Balaban J connectivity index is 1.94. The number of aryl methyl sites for hydroxylation is 1. The third-order valence-electron chi connectivity index (χ3n) is 5.54. The van der Waals surface area contributed by atoms with E-state index in [4.69, 9.17) is 32.7 Å². The van der Waals surface area contributed by atoms with Gasteiger partial charge in [-0.25, -0.2) is 0 Å². The van der Waals surface area contributed by atoms with Crippen LogP contribution in [0.25, 0.3) is 5.76 Å². The summed E-state index contributed by atoms with van der Waals surface area (Å²) in [6, 6.07) is 7.79. The Kier molecular flexibility index (Phi) is 6.84. The van der Waals surface area contributed by atoms with Crippen molar-refractivity contribution in [1.82, 2.24) is 9.88 Å². The Morgan fingerprint density at radius 2 is 1.91 bits per heavy atom. The maximum atomic E-state index is 13.3. The van der Waals surface area contributed by atoms with Crippen LogP contribution in [0.2, 0.25) is 10.0 Å². The van der Waals surface area contributed by atoms with Crippen molar-refractivity contribution >= 4 is 52.0 Å². The van der Waals surface area contributed by atoms with E-state index < -0.39 is 23.5 Å². The zero-order valence-corrected chi connectivity index (χ0v) is 20.8. The van der Waals surface area contributed by atoms with Crippen molar-refractivity contribution in [2.45, 2.75) is 19.5 Å². The summed E-state index contributed by atoms with van der Waals surface area (Å²) in [5, 5.41) is 13.4. The number of hydrogen-bond donors (Lipinski definition) is 1. The highest BCUT2D eigenvalue weighted by Crippen LogP contribution is 2.48. The van der Waals surface area contributed by atoms with E-state index in [0.717, 1.165) is 10.4 Å². The number of methoxy groups -OCH3 is 2. The van der Waals surface area contributed by atoms with Crippen molar-refractivity contribution < 1.29 is 24.2 Å². The minimum absolute atomic E-state index is 0.0330. The lowest BCUT2D eigenvalue weighted by Crippen LogP contribution is -2.29. The van der Waals surface area contributed by atoms with Gasteiger partial charge in [-0.15, -0.1) is 11.3 Å². The van der Waals surface area contributed by atoms with Gasteiger partial charge in [0.1, 0.15) is 16.8 Å². The van der Waals surface area contributed by atoms with Gasteiger partial charge < -0.3 is 19.5 Å². The number of ether oxygens (including phenoxy) is 2. The van der Waals surface area contributed by atoms with E-state index in [0.29, 0.717) is 5.69 Å². The molecule has 0 bridgehead atoms. The molecule has 1 aromatic carbocycles. The number of aliphatic hydroxyl groups excluding tert-OH is 1. The SMILES string of the molecule is COc1c(Cl)cc(/C(O)=C2\C(=O)C(=O)N(Cc3ccccn3)C2c2sccc2C)c(OC)c1Cl. The second-order valence-corrected chi connectivity index (χ2v) is 9.24. The molecule has 7 nitrogen and oxygen atoms in total. The number of aromatic nitrogens is 1. The van der Waals surface area contributed by atoms with Gasteiger partial charge in [0, 0.05) is 11.1 Å². The molecule has 176 valence electrons. The zero-order valence-electron chi connectivity index (χ0n) is 18.5. The van der Waals surface area contributed by atoms with Crippen molar-refractivity contribution in [3.05, 3.63) is 79.2 Å². The van der Waals surface area contributed by atoms with Gasteiger partial charge in [0.25, 0.3) is 11.7 Å². The lowest BCUT2D eigenvalue weighted by Gasteiger charge is -2.25. The monoisotopic (exact) mass is 518 g/mol. The summed E-state index contributed by atoms with van der Waals surface area (Å²) in [5.74, 6) is -1.77. The number of nitrogens with zero attached hydrogens (tertiary/aromatic N) is 2. The molecule has 34 heavy (non-hydrogen) atoms. The van der Waals surface area contributed by atoms with Crippen LogP contribution in [0.1, 0.15) is 27.7 Å². The minimum Gasteiger partial charge on any atom is -0.507 e. The molecule has 0 aliphatic carbocycles. The summed E-state index contributed by atoms with van der Waals surface area (Å²) in [7, 11) is 2.76. The smallest absolute Gasteiger partial charge is 0.296 e. The van der Waals surface area contributed by atoms with Gasteiger partial charge in [-0.1, -0.05) is 29.3 Å². The van der Waals surface area contributed by atoms with Gasteiger partial charge >= 0.3 is 0 Å². The Morgan fingerprint density at radius 1 is 1.18 bits per heavy atom. The van der Waals surface area contributed by atoms with Crippen LogP contribution < -0.4 is 9.47 Å². The number of thiophene rings is 1. The molecule has 1 atom stereocenters. The third-order valence-corrected chi connectivity index (χ3v) is 7.24. The molecular formula is C24H20Cl2N2O5S. The van der Waals surface area contributed by atoms with Crippen LogP contribution in [0.4, 0.5) is 0 Å². The van der Waals surface area contributed by atoms with Crippen molar-refractivity contribution in [3.8, 4) is 11.5 Å². The normalized spacial score (nSPS) is 17.3. The molecular weight excluding hydrogens is 499 g/mol. The van der Waals surface area contributed by atoms with E-state index in [9.17, 15) is 14.7 Å². The number of pyridine rings is 1. The first-order valence-electron chi connectivity index (χ1n) is 10.1. The molecule has 1 N–H and O–H groups in total. The number of aliphatic hydroxyl groups is 1. The fourth-order valence-corrected chi connectivity index (χ4v) is 5.67. The van der Waals surface area contributed by atoms with E-state index >= 15 is 0 Å². The zero-order chi connectivity index (χ0) is 24.6. The average molecular weight is 519 g/mol. The molecule has 10 heteroatoms. The molecule has 1 unspecified atom stereocenters. The Bertz CT molecular complexity index is 1310. The highest BCUT2D eigenvalue weighted by Gasteiger charge is 2.47. The predicted octanol–water partition coefficient (Wildman–Crippen LogP) is 5.40. The largest absolute Gasteiger partial charge is 0.507 e. The number of carbonyl (C=O) groups is 2. The molecule has 4 rings (SSSR count). The number of ketones is 1. The second-order valence-electron chi connectivity index (χ2n) is 7.50. The van der Waals surface area contributed by atoms with Crippen LogP contribution in [-0.2, 0) is 16.1 Å². The summed E-state index contributed by atoms with van der Waals surface area (Å²) in [5.41, 5.74) is 1.48. The van der Waals surface area contributed by atoms with E-state index in [-0.39, 0.29) is 39.2 Å². The minimum atomic E-state index is -0.827. The predicted molar refractivity (Wildman–Crippen MR) is 131 cm³/mol. The van der Waals surface area contributed by atoms with Crippen LogP contribution in [0.5, 0.6) is 11.5 Å². The Morgan fingerprint density at radius 3 is 2.50 bits per heavy atom. The van der Waals surface area contributed by atoms with Crippen molar-refractivity contribution in [1.29, 1.82) is 0 Å². The quantitative estimate of drug-likeness (QED) is 0.267. The van der Waals surface area contributed by atoms with Gasteiger partial charge in [-0.05, 0) is 42.1 Å². The first kappa shape index (κ1) is 24.1. The summed E-state index contributed by atoms with van der Waals surface area (Å²) in [6.07, 6.45) is 1.61. The Labute approximate surface area is 210 Å². The number of benzene rings is 1. The number of likely N-dealkylation sites (tertiary alicyclic amines) is 1. The molecule has 3 aromatic rings. The van der Waals surface area contributed by atoms with Crippen LogP contribution >= 0.6 is 34.5 Å². The molecule has 3 heterocycles. The van der Waals surface area contributed by atoms with Gasteiger partial charge in [-0.2, -0.15) is 0 Å². The van der Waals surface area contributed by atoms with E-state index in [1.807, 2.05) is 18.4 Å². The summed E-state index contributed by atoms with van der Waals surface area (Å²) in [4.78, 5) is 32.9. The molecule has 1 aliphatic heterocycles. The number of Topliss-reactive ketones (excluding diaryl/α,β-unsaturated/α-hetero) is 1. The molecule has 0 spiro atoms. The molecule has 1 amide bonds.